The average Bonchev–Trinajstić information content (AvgIpc) is 2.86. The Kier molecular flexibility index (Phi) is 6.00. The zero-order chi connectivity index (χ0) is 22.8. The molecule has 5 heterocycles. The van der Waals surface area contributed by atoms with Gasteiger partial charge < -0.3 is 9.88 Å². The number of aryl methyl sites for hydroxylation is 1. The minimum Gasteiger partial charge on any atom is -0.334 e. The summed E-state index contributed by atoms with van der Waals surface area (Å²) < 4.78 is 0. The standard InChI is InChI=1S/C25H28N6O2/c1-17-4-2-10-27-22(17)16-30-11-6-18(7-12-30)23-28-21-8-13-31(15-20(21)24(32)29-23)25(33)19-5-3-9-26-14-19/h2-5,9-10,14,18H,6-8,11-13,15-16H2,1H3,(H,28,29,32). The van der Waals surface area contributed by atoms with E-state index in [9.17, 15) is 9.59 Å². The molecule has 1 saturated heterocycles. The predicted molar refractivity (Wildman–Crippen MR) is 124 cm³/mol. The zero-order valence-corrected chi connectivity index (χ0v) is 18.8. The van der Waals surface area contributed by atoms with E-state index >= 15 is 0 Å². The van der Waals surface area contributed by atoms with Gasteiger partial charge in [-0.25, -0.2) is 4.98 Å². The van der Waals surface area contributed by atoms with Crippen molar-refractivity contribution in [2.45, 2.75) is 45.2 Å². The third-order valence-corrected chi connectivity index (χ3v) is 6.75. The number of likely N-dealkylation sites (tertiary alicyclic amines) is 1. The molecule has 0 radical (unpaired) electrons. The number of carbonyl (C=O) groups is 1. The van der Waals surface area contributed by atoms with Gasteiger partial charge in [0.05, 0.1) is 29.1 Å². The topological polar surface area (TPSA) is 95.1 Å². The zero-order valence-electron chi connectivity index (χ0n) is 18.8. The van der Waals surface area contributed by atoms with Crippen LogP contribution in [-0.4, -0.2) is 55.3 Å². The first-order valence-corrected chi connectivity index (χ1v) is 11.5. The SMILES string of the molecule is Cc1cccnc1CN1CCC(c2nc3c(c(=O)[nH]2)CN(C(=O)c2cccnc2)CC3)CC1. The lowest BCUT2D eigenvalue weighted by atomic mass is 9.95. The van der Waals surface area contributed by atoms with Gasteiger partial charge in [0, 0.05) is 44.0 Å². The Hall–Kier alpha value is -3.39. The second kappa shape index (κ2) is 9.23. The highest BCUT2D eigenvalue weighted by molar-refractivity contribution is 5.94. The van der Waals surface area contributed by atoms with Crippen LogP contribution in [0, 0.1) is 6.92 Å². The fourth-order valence-corrected chi connectivity index (χ4v) is 4.74. The fourth-order valence-electron chi connectivity index (χ4n) is 4.74. The Bertz CT molecular complexity index is 1200. The van der Waals surface area contributed by atoms with Crippen LogP contribution in [0.1, 0.15) is 57.5 Å². The Morgan fingerprint density at radius 1 is 1.15 bits per heavy atom. The number of aromatic nitrogens is 4. The molecule has 3 aromatic heterocycles. The molecule has 1 amide bonds. The van der Waals surface area contributed by atoms with Crippen LogP contribution in [-0.2, 0) is 19.5 Å². The number of aromatic amines is 1. The first-order chi connectivity index (χ1) is 16.1. The van der Waals surface area contributed by atoms with Gasteiger partial charge in [0.15, 0.2) is 0 Å². The number of hydrogen-bond donors (Lipinski definition) is 1. The van der Waals surface area contributed by atoms with Crippen molar-refractivity contribution in [3.05, 3.63) is 87.1 Å². The van der Waals surface area contributed by atoms with Crippen molar-refractivity contribution in [1.29, 1.82) is 0 Å². The summed E-state index contributed by atoms with van der Waals surface area (Å²) in [6, 6.07) is 7.56. The van der Waals surface area contributed by atoms with Gasteiger partial charge >= 0.3 is 0 Å². The van der Waals surface area contributed by atoms with E-state index in [2.05, 4.69) is 32.8 Å². The molecule has 0 aromatic carbocycles. The van der Waals surface area contributed by atoms with Crippen molar-refractivity contribution in [2.24, 2.45) is 0 Å². The number of piperidine rings is 1. The number of H-pyrrole nitrogens is 1. The number of nitrogens with zero attached hydrogens (tertiary/aromatic N) is 5. The summed E-state index contributed by atoms with van der Waals surface area (Å²) in [6.07, 6.45) is 7.56. The van der Waals surface area contributed by atoms with E-state index in [0.717, 1.165) is 49.7 Å². The van der Waals surface area contributed by atoms with Crippen molar-refractivity contribution in [2.75, 3.05) is 19.6 Å². The maximum atomic E-state index is 12.9. The van der Waals surface area contributed by atoms with Gasteiger partial charge in [-0.15, -0.1) is 0 Å². The molecule has 0 bridgehead atoms. The van der Waals surface area contributed by atoms with Gasteiger partial charge in [-0.1, -0.05) is 6.07 Å². The van der Waals surface area contributed by atoms with Crippen LogP contribution in [0.25, 0.3) is 0 Å². The average molecular weight is 445 g/mol. The monoisotopic (exact) mass is 444 g/mol. The van der Waals surface area contributed by atoms with Gasteiger partial charge in [0.2, 0.25) is 0 Å². The molecular formula is C25H28N6O2. The predicted octanol–water partition coefficient (Wildman–Crippen LogP) is 2.45. The Labute approximate surface area is 192 Å². The minimum absolute atomic E-state index is 0.104. The molecule has 0 saturated carbocycles. The molecule has 0 spiro atoms. The van der Waals surface area contributed by atoms with Crippen molar-refractivity contribution in [3.8, 4) is 0 Å². The van der Waals surface area contributed by atoms with Gasteiger partial charge in [0.25, 0.3) is 11.5 Å². The summed E-state index contributed by atoms with van der Waals surface area (Å²) in [5.41, 5.74) is 4.19. The van der Waals surface area contributed by atoms with E-state index in [0.29, 0.717) is 24.1 Å². The molecule has 8 nitrogen and oxygen atoms in total. The van der Waals surface area contributed by atoms with E-state index in [4.69, 9.17) is 4.98 Å². The highest BCUT2D eigenvalue weighted by Gasteiger charge is 2.28. The molecule has 2 aliphatic heterocycles. The summed E-state index contributed by atoms with van der Waals surface area (Å²) in [7, 11) is 0. The number of hydrogen-bond acceptors (Lipinski definition) is 6. The van der Waals surface area contributed by atoms with Crippen LogP contribution in [0.2, 0.25) is 0 Å². The highest BCUT2D eigenvalue weighted by atomic mass is 16.2. The van der Waals surface area contributed by atoms with Crippen LogP contribution in [0.3, 0.4) is 0 Å². The van der Waals surface area contributed by atoms with Crippen molar-refractivity contribution in [1.82, 2.24) is 29.7 Å². The van der Waals surface area contributed by atoms with E-state index < -0.39 is 0 Å². The molecule has 5 rings (SSSR count). The summed E-state index contributed by atoms with van der Waals surface area (Å²) in [6.45, 7) is 5.70. The van der Waals surface area contributed by atoms with E-state index in [1.165, 1.54) is 5.56 Å². The van der Waals surface area contributed by atoms with E-state index in [1.807, 2.05) is 12.3 Å². The molecule has 2 aliphatic rings. The highest BCUT2D eigenvalue weighted by Crippen LogP contribution is 2.27. The lowest BCUT2D eigenvalue weighted by molar-refractivity contribution is 0.0732. The lowest BCUT2D eigenvalue weighted by Gasteiger charge is -2.32. The van der Waals surface area contributed by atoms with E-state index in [1.54, 1.807) is 29.4 Å². The van der Waals surface area contributed by atoms with Crippen molar-refractivity contribution < 1.29 is 4.79 Å². The number of amides is 1. The number of nitrogens with one attached hydrogen (secondary N) is 1. The summed E-state index contributed by atoms with van der Waals surface area (Å²) >= 11 is 0. The quantitative estimate of drug-likeness (QED) is 0.664. The van der Waals surface area contributed by atoms with Crippen LogP contribution < -0.4 is 5.56 Å². The van der Waals surface area contributed by atoms with Gasteiger partial charge in [-0.05, 0) is 56.6 Å². The van der Waals surface area contributed by atoms with E-state index in [-0.39, 0.29) is 23.9 Å². The van der Waals surface area contributed by atoms with Crippen LogP contribution in [0.4, 0.5) is 0 Å². The molecule has 0 atom stereocenters. The van der Waals surface area contributed by atoms with Gasteiger partial charge in [-0.3, -0.25) is 24.5 Å². The normalized spacial score (nSPS) is 17.1. The van der Waals surface area contributed by atoms with Crippen molar-refractivity contribution in [3.63, 3.8) is 0 Å². The third-order valence-electron chi connectivity index (χ3n) is 6.75. The molecule has 33 heavy (non-hydrogen) atoms. The summed E-state index contributed by atoms with van der Waals surface area (Å²) in [5.74, 6) is 0.936. The second-order valence-electron chi connectivity index (χ2n) is 8.91. The molecular weight excluding hydrogens is 416 g/mol. The molecule has 1 N–H and O–H groups in total. The first kappa shape index (κ1) is 21.5. The molecule has 8 heteroatoms. The van der Waals surface area contributed by atoms with Crippen LogP contribution in [0.15, 0.2) is 47.7 Å². The number of rotatable bonds is 4. The smallest absolute Gasteiger partial charge is 0.256 e. The lowest BCUT2D eigenvalue weighted by Crippen LogP contribution is -2.40. The minimum atomic E-state index is -0.120. The number of pyridine rings is 2. The molecule has 0 unspecified atom stereocenters. The van der Waals surface area contributed by atoms with Crippen LogP contribution in [0.5, 0.6) is 0 Å². The maximum absolute atomic E-state index is 12.9. The van der Waals surface area contributed by atoms with Crippen LogP contribution >= 0.6 is 0 Å². The third kappa shape index (κ3) is 4.57. The Morgan fingerprint density at radius 2 is 1.97 bits per heavy atom. The second-order valence-corrected chi connectivity index (χ2v) is 8.91. The fraction of sp³-hybridized carbons (Fsp3) is 0.400. The number of carbonyl (C=O) groups excluding carboxylic acids is 1. The Balaban J connectivity index is 1.25. The molecule has 0 aliphatic carbocycles. The number of fused-ring (bicyclic) bond motifs is 1. The van der Waals surface area contributed by atoms with Crippen molar-refractivity contribution >= 4 is 5.91 Å². The summed E-state index contributed by atoms with van der Waals surface area (Å²) in [4.78, 5) is 46.2. The molecule has 170 valence electrons. The van der Waals surface area contributed by atoms with Gasteiger partial charge in [0.1, 0.15) is 5.82 Å². The Morgan fingerprint density at radius 3 is 2.73 bits per heavy atom. The largest absolute Gasteiger partial charge is 0.334 e. The van der Waals surface area contributed by atoms with Gasteiger partial charge in [-0.2, -0.15) is 0 Å². The molecule has 1 fully saturated rings. The first-order valence-electron chi connectivity index (χ1n) is 11.5. The summed E-state index contributed by atoms with van der Waals surface area (Å²) in [5, 5.41) is 0. The maximum Gasteiger partial charge on any atom is 0.256 e. The molecule has 3 aromatic rings.